The van der Waals surface area contributed by atoms with E-state index in [1.54, 1.807) is 7.05 Å². The molecule has 0 aliphatic heterocycles. The minimum atomic E-state index is -0.393. The Kier molecular flexibility index (Phi) is 4.43. The van der Waals surface area contributed by atoms with E-state index in [-0.39, 0.29) is 5.69 Å². The van der Waals surface area contributed by atoms with Crippen molar-refractivity contribution in [2.45, 2.75) is 6.42 Å². The Balaban J connectivity index is 2.03. The number of H-pyrrole nitrogens is 2. The molecule has 3 N–H and O–H groups in total. The van der Waals surface area contributed by atoms with Gasteiger partial charge in [-0.05, 0) is 12.6 Å². The molecule has 5 nitrogen and oxygen atoms in total. The van der Waals surface area contributed by atoms with Gasteiger partial charge in [0.15, 0.2) is 0 Å². The SMILES string of the molecule is CNCCOc1cc(F)c(Cc2ccccc2)c2[nH]c(=O)[nH]c12. The van der Waals surface area contributed by atoms with Crippen molar-refractivity contribution >= 4 is 11.0 Å². The topological polar surface area (TPSA) is 69.9 Å². The standard InChI is InChI=1S/C17H18FN3O2/c1-19-7-8-23-14-10-13(18)12(9-11-5-3-2-4-6-11)15-16(14)21-17(22)20-15/h2-6,10,19H,7-9H2,1H3,(H2,20,21,22). The second kappa shape index (κ2) is 6.66. The van der Waals surface area contributed by atoms with E-state index in [2.05, 4.69) is 15.3 Å². The largest absolute Gasteiger partial charge is 0.490 e. The van der Waals surface area contributed by atoms with Crippen LogP contribution in [0.25, 0.3) is 11.0 Å². The Morgan fingerprint density at radius 2 is 1.91 bits per heavy atom. The third-order valence-corrected chi connectivity index (χ3v) is 3.65. The zero-order valence-electron chi connectivity index (χ0n) is 12.8. The summed E-state index contributed by atoms with van der Waals surface area (Å²) in [6, 6.07) is 10.9. The van der Waals surface area contributed by atoms with Crippen LogP contribution in [0.1, 0.15) is 11.1 Å². The number of hydrogen-bond acceptors (Lipinski definition) is 3. The summed E-state index contributed by atoms with van der Waals surface area (Å²) in [7, 11) is 1.81. The molecule has 0 aliphatic carbocycles. The van der Waals surface area contributed by atoms with Gasteiger partial charge in [0.2, 0.25) is 0 Å². The average Bonchev–Trinajstić information content (AvgIpc) is 2.94. The molecule has 0 radical (unpaired) electrons. The van der Waals surface area contributed by atoms with Crippen LogP contribution >= 0.6 is 0 Å². The molecule has 0 saturated heterocycles. The smallest absolute Gasteiger partial charge is 0.323 e. The summed E-state index contributed by atoms with van der Waals surface area (Å²) < 4.78 is 20.1. The number of rotatable bonds is 6. The van der Waals surface area contributed by atoms with Gasteiger partial charge in [-0.25, -0.2) is 9.18 Å². The Labute approximate surface area is 132 Å². The summed E-state index contributed by atoms with van der Waals surface area (Å²) in [6.07, 6.45) is 0.397. The van der Waals surface area contributed by atoms with Crippen LogP contribution in [0, 0.1) is 5.82 Å². The first-order valence-electron chi connectivity index (χ1n) is 7.43. The van der Waals surface area contributed by atoms with Crippen LogP contribution in [-0.2, 0) is 6.42 Å². The van der Waals surface area contributed by atoms with Crippen molar-refractivity contribution < 1.29 is 9.13 Å². The quantitative estimate of drug-likeness (QED) is 0.611. The van der Waals surface area contributed by atoms with Crippen molar-refractivity contribution in [3.63, 3.8) is 0 Å². The molecule has 1 heterocycles. The number of imidazole rings is 1. The number of benzene rings is 2. The fraction of sp³-hybridized carbons (Fsp3) is 0.235. The number of hydrogen-bond donors (Lipinski definition) is 3. The summed E-state index contributed by atoms with van der Waals surface area (Å²) >= 11 is 0. The number of likely N-dealkylation sites (N-methyl/N-ethyl adjacent to an activating group) is 1. The second-order valence-electron chi connectivity index (χ2n) is 5.28. The van der Waals surface area contributed by atoms with E-state index >= 15 is 0 Å². The summed E-state index contributed by atoms with van der Waals surface area (Å²) in [5.74, 6) is -0.0565. The first-order chi connectivity index (χ1) is 11.2. The van der Waals surface area contributed by atoms with E-state index in [0.717, 1.165) is 5.56 Å². The molecular weight excluding hydrogens is 297 g/mol. The lowest BCUT2D eigenvalue weighted by Gasteiger charge is -2.11. The first-order valence-corrected chi connectivity index (χ1v) is 7.43. The molecule has 0 bridgehead atoms. The third kappa shape index (κ3) is 3.27. The van der Waals surface area contributed by atoms with Crippen LogP contribution in [0.2, 0.25) is 0 Å². The van der Waals surface area contributed by atoms with Crippen molar-refractivity contribution in [3.8, 4) is 5.75 Å². The zero-order chi connectivity index (χ0) is 16.2. The fourth-order valence-corrected chi connectivity index (χ4v) is 2.54. The third-order valence-electron chi connectivity index (χ3n) is 3.65. The lowest BCUT2D eigenvalue weighted by Crippen LogP contribution is -2.16. The Hall–Kier alpha value is -2.60. The number of ether oxygens (including phenoxy) is 1. The van der Waals surface area contributed by atoms with Crippen LogP contribution in [0.5, 0.6) is 5.75 Å². The molecule has 0 aliphatic rings. The molecule has 3 aromatic rings. The summed E-state index contributed by atoms with van der Waals surface area (Å²) in [5.41, 5.74) is 2.00. The lowest BCUT2D eigenvalue weighted by molar-refractivity contribution is 0.320. The molecule has 0 saturated carbocycles. The van der Waals surface area contributed by atoms with E-state index < -0.39 is 5.82 Å². The number of halogens is 1. The number of nitrogens with one attached hydrogen (secondary N) is 3. The van der Waals surface area contributed by atoms with Crippen LogP contribution in [0.3, 0.4) is 0 Å². The molecule has 0 unspecified atom stereocenters. The maximum Gasteiger partial charge on any atom is 0.323 e. The molecule has 0 amide bonds. The van der Waals surface area contributed by atoms with E-state index in [9.17, 15) is 9.18 Å². The minimum Gasteiger partial charge on any atom is -0.490 e. The van der Waals surface area contributed by atoms with Gasteiger partial charge in [0.05, 0.1) is 5.52 Å². The van der Waals surface area contributed by atoms with Gasteiger partial charge in [-0.1, -0.05) is 30.3 Å². The zero-order valence-corrected chi connectivity index (χ0v) is 12.8. The van der Waals surface area contributed by atoms with Crippen molar-refractivity contribution in [3.05, 3.63) is 63.8 Å². The normalized spacial score (nSPS) is 11.0. The summed E-state index contributed by atoms with van der Waals surface area (Å²) in [5, 5.41) is 2.95. The molecule has 0 fully saturated rings. The molecule has 0 atom stereocenters. The second-order valence-corrected chi connectivity index (χ2v) is 5.28. The van der Waals surface area contributed by atoms with Crippen LogP contribution < -0.4 is 15.7 Å². The van der Waals surface area contributed by atoms with Gasteiger partial charge in [-0.3, -0.25) is 0 Å². The summed E-state index contributed by atoms with van der Waals surface area (Å²) in [6.45, 7) is 1.01. The Morgan fingerprint density at radius 1 is 1.17 bits per heavy atom. The van der Waals surface area contributed by atoms with Crippen molar-refractivity contribution in [2.75, 3.05) is 20.2 Å². The van der Waals surface area contributed by atoms with Gasteiger partial charge in [0.1, 0.15) is 23.7 Å². The van der Waals surface area contributed by atoms with E-state index in [1.165, 1.54) is 6.07 Å². The minimum absolute atomic E-state index is 0.336. The van der Waals surface area contributed by atoms with Gasteiger partial charge in [-0.15, -0.1) is 0 Å². The highest BCUT2D eigenvalue weighted by atomic mass is 19.1. The predicted octanol–water partition coefficient (Wildman–Crippen LogP) is 2.18. The molecule has 2 aromatic carbocycles. The van der Waals surface area contributed by atoms with Crippen molar-refractivity contribution in [1.82, 2.24) is 15.3 Å². The molecule has 3 rings (SSSR count). The number of aromatic nitrogens is 2. The molecule has 0 spiro atoms. The highest BCUT2D eigenvalue weighted by Gasteiger charge is 2.16. The molecule has 120 valence electrons. The van der Waals surface area contributed by atoms with Gasteiger partial charge < -0.3 is 20.0 Å². The van der Waals surface area contributed by atoms with Gasteiger partial charge in [0, 0.05) is 24.6 Å². The van der Waals surface area contributed by atoms with Crippen LogP contribution in [-0.4, -0.2) is 30.2 Å². The maximum atomic E-state index is 14.6. The van der Waals surface area contributed by atoms with E-state index in [1.807, 2.05) is 30.3 Å². The Bertz CT molecular complexity index is 855. The highest BCUT2D eigenvalue weighted by molar-refractivity contribution is 5.85. The summed E-state index contributed by atoms with van der Waals surface area (Å²) in [4.78, 5) is 17.0. The molecule has 6 heteroatoms. The fourth-order valence-electron chi connectivity index (χ4n) is 2.54. The number of fused-ring (bicyclic) bond motifs is 1. The van der Waals surface area contributed by atoms with Gasteiger partial charge in [-0.2, -0.15) is 0 Å². The highest BCUT2D eigenvalue weighted by Crippen LogP contribution is 2.29. The number of aromatic amines is 2. The van der Waals surface area contributed by atoms with Crippen LogP contribution in [0.4, 0.5) is 4.39 Å². The molecular formula is C17H18FN3O2. The maximum absolute atomic E-state index is 14.6. The van der Waals surface area contributed by atoms with E-state index in [0.29, 0.717) is 41.9 Å². The van der Waals surface area contributed by atoms with Crippen LogP contribution in [0.15, 0.2) is 41.2 Å². The Morgan fingerprint density at radius 3 is 2.65 bits per heavy atom. The van der Waals surface area contributed by atoms with Crippen molar-refractivity contribution in [2.24, 2.45) is 0 Å². The first kappa shape index (κ1) is 15.3. The molecule has 23 heavy (non-hydrogen) atoms. The van der Waals surface area contributed by atoms with Gasteiger partial charge in [0.25, 0.3) is 0 Å². The lowest BCUT2D eigenvalue weighted by atomic mass is 10.0. The van der Waals surface area contributed by atoms with E-state index in [4.69, 9.17) is 4.74 Å². The predicted molar refractivity (Wildman–Crippen MR) is 87.5 cm³/mol. The molecule has 1 aromatic heterocycles. The monoisotopic (exact) mass is 315 g/mol. The van der Waals surface area contributed by atoms with Crippen molar-refractivity contribution in [1.29, 1.82) is 0 Å². The average molecular weight is 315 g/mol. The van der Waals surface area contributed by atoms with Gasteiger partial charge >= 0.3 is 5.69 Å².